The van der Waals surface area contributed by atoms with Gasteiger partial charge in [0, 0.05) is 15.6 Å². The van der Waals surface area contributed by atoms with E-state index >= 15 is 0 Å². The van der Waals surface area contributed by atoms with Crippen LogP contribution in [0.15, 0.2) is 77.4 Å². The summed E-state index contributed by atoms with van der Waals surface area (Å²) in [7, 11) is 0. The predicted octanol–water partition coefficient (Wildman–Crippen LogP) is 3.46. The van der Waals surface area contributed by atoms with E-state index < -0.39 is 37.3 Å². The summed E-state index contributed by atoms with van der Waals surface area (Å²) >= 11 is 10.1. The van der Waals surface area contributed by atoms with Crippen molar-refractivity contribution in [1.29, 1.82) is 0 Å². The first-order valence-electron chi connectivity index (χ1n) is 11.5. The summed E-state index contributed by atoms with van der Waals surface area (Å²) in [5, 5.41) is 41.1. The Hall–Kier alpha value is -2.76. The highest BCUT2D eigenvalue weighted by atomic mass is 79.9. The molecule has 0 bridgehead atoms. The molecule has 0 spiro atoms. The zero-order valence-electron chi connectivity index (χ0n) is 19.2. The Morgan fingerprint density at radius 3 is 2.41 bits per heavy atom. The molecule has 8 nitrogen and oxygen atoms in total. The molecule has 0 unspecified atom stereocenters. The maximum atomic E-state index is 13.4. The van der Waals surface area contributed by atoms with Gasteiger partial charge in [-0.15, -0.1) is 0 Å². The van der Waals surface area contributed by atoms with E-state index in [2.05, 4.69) is 15.9 Å². The van der Waals surface area contributed by atoms with Crippen LogP contribution in [0.3, 0.4) is 0 Å². The number of carbonyl (C=O) groups is 1. The average molecular weight is 589 g/mol. The van der Waals surface area contributed by atoms with Gasteiger partial charge in [-0.1, -0.05) is 54.1 Å². The molecule has 192 valence electrons. The van der Waals surface area contributed by atoms with Gasteiger partial charge < -0.3 is 34.5 Å². The van der Waals surface area contributed by atoms with Gasteiger partial charge in [0.25, 0.3) is 0 Å². The fourth-order valence-electron chi connectivity index (χ4n) is 4.43. The third-order valence-electron chi connectivity index (χ3n) is 6.36. The minimum atomic E-state index is -1.60. The monoisotopic (exact) mass is 587 g/mol. The van der Waals surface area contributed by atoms with Crippen LogP contribution in [0.25, 0.3) is 16.6 Å². The molecule has 2 heterocycles. The molecular formula is C27H23BrClNO7. The lowest BCUT2D eigenvalue weighted by atomic mass is 9.99. The molecular weight excluding hydrogens is 566 g/mol. The van der Waals surface area contributed by atoms with Crippen molar-refractivity contribution >= 4 is 44.2 Å². The first-order chi connectivity index (χ1) is 17.8. The number of ether oxygens (including phenoxy) is 2. The third-order valence-corrected chi connectivity index (χ3v) is 7.64. The summed E-state index contributed by atoms with van der Waals surface area (Å²) in [6.07, 6.45) is -5.66. The molecule has 3 aromatic carbocycles. The van der Waals surface area contributed by atoms with Crippen molar-refractivity contribution in [2.45, 2.75) is 30.7 Å². The van der Waals surface area contributed by atoms with Gasteiger partial charge in [0.05, 0.1) is 34.4 Å². The first-order valence-corrected chi connectivity index (χ1v) is 12.6. The van der Waals surface area contributed by atoms with Crippen molar-refractivity contribution in [1.82, 2.24) is 4.57 Å². The molecule has 1 aliphatic rings. The zero-order valence-corrected chi connectivity index (χ0v) is 21.6. The number of ketones is 1. The maximum Gasteiger partial charge on any atom is 0.229 e. The number of carbonyl (C=O) groups excluding carboxylic acids is 1. The molecule has 1 aromatic heterocycles. The lowest BCUT2D eigenvalue weighted by Gasteiger charge is -2.39. The standard InChI is InChI=1S/C27H23BrClNO7/c28-16-10-11-18-21(22(16)29)19(36-27-26(35)25(34)24(33)20(13-31)37-27)12-30(18)17-9-5-4-8-15(17)23(32)14-6-2-1-3-7-14/h1-12,20,24-27,31,33-35H,13H2/t20-,24+,25+,26-,27-/m1/s1. The van der Waals surface area contributed by atoms with Crippen molar-refractivity contribution in [3.05, 3.63) is 93.5 Å². The van der Waals surface area contributed by atoms with Gasteiger partial charge in [0.2, 0.25) is 6.29 Å². The van der Waals surface area contributed by atoms with Gasteiger partial charge in [-0.2, -0.15) is 0 Å². The quantitative estimate of drug-likeness (QED) is 0.255. The molecule has 0 radical (unpaired) electrons. The summed E-state index contributed by atoms with van der Waals surface area (Å²) in [4.78, 5) is 13.4. The minimum absolute atomic E-state index is 0.169. The molecule has 1 saturated heterocycles. The molecule has 1 fully saturated rings. The first kappa shape index (κ1) is 25.9. The Balaban J connectivity index is 1.63. The van der Waals surface area contributed by atoms with E-state index in [-0.39, 0.29) is 11.5 Å². The minimum Gasteiger partial charge on any atom is -0.460 e. The van der Waals surface area contributed by atoms with E-state index in [4.69, 9.17) is 21.1 Å². The van der Waals surface area contributed by atoms with Gasteiger partial charge in [0.15, 0.2) is 5.78 Å². The lowest BCUT2D eigenvalue weighted by molar-refractivity contribution is -0.277. The molecule has 0 aliphatic carbocycles. The van der Waals surface area contributed by atoms with Crippen LogP contribution in [0, 0.1) is 0 Å². The number of aliphatic hydroxyl groups is 4. The van der Waals surface area contributed by atoms with Crippen LogP contribution < -0.4 is 4.74 Å². The Morgan fingerprint density at radius 2 is 1.68 bits per heavy atom. The highest BCUT2D eigenvalue weighted by Gasteiger charge is 2.45. The number of hydrogen-bond acceptors (Lipinski definition) is 7. The molecule has 5 rings (SSSR count). The highest BCUT2D eigenvalue weighted by Crippen LogP contribution is 2.41. The number of nitrogens with zero attached hydrogens (tertiary/aromatic N) is 1. The van der Waals surface area contributed by atoms with Crippen LogP contribution in [0.1, 0.15) is 15.9 Å². The summed E-state index contributed by atoms with van der Waals surface area (Å²) in [5.41, 5.74) is 2.17. The van der Waals surface area contributed by atoms with E-state index in [1.807, 2.05) is 12.1 Å². The van der Waals surface area contributed by atoms with Crippen LogP contribution in [0.5, 0.6) is 5.75 Å². The predicted molar refractivity (Wildman–Crippen MR) is 140 cm³/mol. The molecule has 4 N–H and O–H groups in total. The summed E-state index contributed by atoms with van der Waals surface area (Å²) in [6.45, 7) is -0.589. The second-order valence-corrected chi connectivity index (χ2v) is 9.88. The van der Waals surface area contributed by atoms with Gasteiger partial charge in [-0.25, -0.2) is 0 Å². The molecule has 0 saturated carbocycles. The van der Waals surface area contributed by atoms with E-state index in [1.165, 1.54) is 0 Å². The number of benzene rings is 3. The van der Waals surface area contributed by atoms with Gasteiger partial charge in [0.1, 0.15) is 30.2 Å². The van der Waals surface area contributed by atoms with E-state index in [0.717, 1.165) is 0 Å². The fraction of sp³-hybridized carbons (Fsp3) is 0.222. The number of fused-ring (bicyclic) bond motifs is 1. The number of halogens is 2. The second-order valence-electron chi connectivity index (χ2n) is 8.65. The van der Waals surface area contributed by atoms with Gasteiger partial charge in [-0.3, -0.25) is 4.79 Å². The largest absolute Gasteiger partial charge is 0.460 e. The molecule has 1 aliphatic heterocycles. The smallest absolute Gasteiger partial charge is 0.229 e. The zero-order chi connectivity index (χ0) is 26.3. The van der Waals surface area contributed by atoms with Crippen LogP contribution in [-0.4, -0.2) is 68.1 Å². The normalized spacial score (nSPS) is 23.8. The average Bonchev–Trinajstić information content (AvgIpc) is 3.29. The maximum absolute atomic E-state index is 13.4. The van der Waals surface area contributed by atoms with Gasteiger partial charge in [-0.05, 0) is 40.2 Å². The van der Waals surface area contributed by atoms with Crippen molar-refractivity contribution in [3.63, 3.8) is 0 Å². The van der Waals surface area contributed by atoms with Crippen LogP contribution in [0.2, 0.25) is 5.02 Å². The van der Waals surface area contributed by atoms with Crippen molar-refractivity contribution in [2.24, 2.45) is 0 Å². The SMILES string of the molecule is O=C(c1ccccc1)c1ccccc1-n1cc(O[C@@H]2O[C@H](CO)[C@H](O)[C@H](O)[C@H]2O)c2c(Cl)c(Br)ccc21. The fourth-order valence-corrected chi connectivity index (χ4v) is 5.01. The Kier molecular flexibility index (Phi) is 7.37. The van der Waals surface area contributed by atoms with E-state index in [1.54, 1.807) is 65.4 Å². The Labute approximate surface area is 225 Å². The summed E-state index contributed by atoms with van der Waals surface area (Å²) < 4.78 is 13.9. The number of rotatable bonds is 6. The summed E-state index contributed by atoms with van der Waals surface area (Å²) in [6, 6.07) is 19.6. The highest BCUT2D eigenvalue weighted by molar-refractivity contribution is 9.10. The second kappa shape index (κ2) is 10.5. The third kappa shape index (κ3) is 4.68. The molecule has 0 amide bonds. The number of para-hydroxylation sites is 1. The van der Waals surface area contributed by atoms with Crippen molar-refractivity contribution in [2.75, 3.05) is 6.61 Å². The molecule has 5 atom stereocenters. The topological polar surface area (TPSA) is 121 Å². The Bertz CT molecular complexity index is 1440. The number of aromatic nitrogens is 1. The van der Waals surface area contributed by atoms with Crippen LogP contribution in [-0.2, 0) is 4.74 Å². The Morgan fingerprint density at radius 1 is 0.973 bits per heavy atom. The van der Waals surface area contributed by atoms with Crippen molar-refractivity contribution < 1.29 is 34.7 Å². The molecule has 4 aromatic rings. The van der Waals surface area contributed by atoms with Crippen molar-refractivity contribution in [3.8, 4) is 11.4 Å². The van der Waals surface area contributed by atoms with Crippen LogP contribution >= 0.6 is 27.5 Å². The number of aliphatic hydroxyl groups excluding tert-OH is 4. The summed E-state index contributed by atoms with van der Waals surface area (Å²) in [5.74, 6) is 0.0326. The molecule has 37 heavy (non-hydrogen) atoms. The lowest BCUT2D eigenvalue weighted by Crippen LogP contribution is -2.60. The van der Waals surface area contributed by atoms with E-state index in [0.29, 0.717) is 37.2 Å². The van der Waals surface area contributed by atoms with E-state index in [9.17, 15) is 25.2 Å². The number of hydrogen-bond donors (Lipinski definition) is 4. The van der Waals surface area contributed by atoms with Crippen LogP contribution in [0.4, 0.5) is 0 Å². The molecule has 10 heteroatoms. The van der Waals surface area contributed by atoms with Gasteiger partial charge >= 0.3 is 0 Å².